The van der Waals surface area contributed by atoms with Crippen molar-refractivity contribution in [1.82, 2.24) is 15.5 Å². The topological polar surface area (TPSA) is 98.7 Å². The predicted molar refractivity (Wildman–Crippen MR) is 70.0 cm³/mol. The highest BCUT2D eigenvalue weighted by molar-refractivity contribution is 7.99. The number of amides is 3. The van der Waals surface area contributed by atoms with E-state index in [9.17, 15) is 14.4 Å². The first-order valence-electron chi connectivity index (χ1n) is 6.22. The molecule has 7 nitrogen and oxygen atoms in total. The molecular weight excluding hydrogens is 270 g/mol. The Kier molecular flexibility index (Phi) is 4.52. The molecule has 2 fully saturated rings. The Morgan fingerprint density at radius 3 is 2.95 bits per heavy atom. The highest BCUT2D eigenvalue weighted by atomic mass is 32.2. The zero-order valence-corrected chi connectivity index (χ0v) is 11.2. The number of carboxylic acids is 1. The molecule has 8 heteroatoms. The quantitative estimate of drug-likeness (QED) is 0.648. The number of urea groups is 1. The standard InChI is InChI=1S/C11H17N3O4S/c15-9-2-1-7(13-9)5-12-11(18)14-3-4-19-6-8(14)10(16)17/h7-8H,1-6H2,(H,12,18)(H,13,15)(H,16,17). The number of thioether (sulfide) groups is 1. The van der Waals surface area contributed by atoms with Crippen LogP contribution in [0.15, 0.2) is 0 Å². The molecule has 0 aromatic rings. The molecule has 106 valence electrons. The molecule has 0 aliphatic carbocycles. The van der Waals surface area contributed by atoms with Crippen molar-refractivity contribution in [3.63, 3.8) is 0 Å². The zero-order chi connectivity index (χ0) is 13.8. The Morgan fingerprint density at radius 1 is 1.53 bits per heavy atom. The number of rotatable bonds is 3. The van der Waals surface area contributed by atoms with E-state index in [1.54, 1.807) is 0 Å². The number of nitrogens with one attached hydrogen (secondary N) is 2. The number of nitrogens with zero attached hydrogens (tertiary/aromatic N) is 1. The largest absolute Gasteiger partial charge is 0.480 e. The SMILES string of the molecule is O=C1CCC(CNC(=O)N2CCSCC2C(=O)O)N1. The number of carbonyl (C=O) groups excluding carboxylic acids is 2. The lowest BCUT2D eigenvalue weighted by atomic mass is 10.2. The summed E-state index contributed by atoms with van der Waals surface area (Å²) in [4.78, 5) is 35.4. The van der Waals surface area contributed by atoms with Crippen molar-refractivity contribution >= 4 is 29.7 Å². The van der Waals surface area contributed by atoms with Crippen molar-refractivity contribution in [3.8, 4) is 0 Å². The average molecular weight is 287 g/mol. The molecule has 0 bridgehead atoms. The van der Waals surface area contributed by atoms with Gasteiger partial charge in [0.1, 0.15) is 6.04 Å². The molecule has 0 radical (unpaired) electrons. The summed E-state index contributed by atoms with van der Waals surface area (Å²) in [5.74, 6) is 0.189. The summed E-state index contributed by atoms with van der Waals surface area (Å²) < 4.78 is 0. The van der Waals surface area contributed by atoms with Crippen LogP contribution in [0.25, 0.3) is 0 Å². The van der Waals surface area contributed by atoms with Gasteiger partial charge >= 0.3 is 12.0 Å². The van der Waals surface area contributed by atoms with Crippen molar-refractivity contribution in [2.75, 3.05) is 24.6 Å². The van der Waals surface area contributed by atoms with Crippen LogP contribution in [-0.2, 0) is 9.59 Å². The highest BCUT2D eigenvalue weighted by Crippen LogP contribution is 2.16. The highest BCUT2D eigenvalue weighted by Gasteiger charge is 2.32. The van der Waals surface area contributed by atoms with Gasteiger partial charge in [0.2, 0.25) is 5.91 Å². The molecule has 3 N–H and O–H groups in total. The van der Waals surface area contributed by atoms with Crippen LogP contribution in [-0.4, -0.2) is 64.6 Å². The molecule has 2 rings (SSSR count). The van der Waals surface area contributed by atoms with Gasteiger partial charge < -0.3 is 20.6 Å². The number of aliphatic carboxylic acids is 1. The monoisotopic (exact) mass is 287 g/mol. The summed E-state index contributed by atoms with van der Waals surface area (Å²) in [6, 6.07) is -1.18. The molecular formula is C11H17N3O4S. The molecule has 2 saturated heterocycles. The van der Waals surface area contributed by atoms with Gasteiger partial charge in [-0.15, -0.1) is 0 Å². The minimum absolute atomic E-state index is 0.00275. The van der Waals surface area contributed by atoms with E-state index in [0.29, 0.717) is 31.7 Å². The second-order valence-corrected chi connectivity index (χ2v) is 5.76. The van der Waals surface area contributed by atoms with Crippen LogP contribution in [0.3, 0.4) is 0 Å². The summed E-state index contributed by atoms with van der Waals surface area (Å²) in [6.45, 7) is 0.783. The minimum Gasteiger partial charge on any atom is -0.480 e. The van der Waals surface area contributed by atoms with E-state index in [4.69, 9.17) is 5.11 Å². The van der Waals surface area contributed by atoms with E-state index in [-0.39, 0.29) is 18.0 Å². The van der Waals surface area contributed by atoms with Crippen LogP contribution in [0.1, 0.15) is 12.8 Å². The maximum Gasteiger partial charge on any atom is 0.327 e. The van der Waals surface area contributed by atoms with Gasteiger partial charge in [-0.05, 0) is 6.42 Å². The Hall–Kier alpha value is -1.44. The van der Waals surface area contributed by atoms with Gasteiger partial charge in [0.15, 0.2) is 0 Å². The molecule has 2 aliphatic heterocycles. The van der Waals surface area contributed by atoms with Crippen LogP contribution in [0, 0.1) is 0 Å². The molecule has 2 unspecified atom stereocenters. The molecule has 2 atom stereocenters. The Bertz CT molecular complexity index is 390. The Labute approximate surface area is 115 Å². The first-order chi connectivity index (χ1) is 9.08. The van der Waals surface area contributed by atoms with Crippen molar-refractivity contribution in [1.29, 1.82) is 0 Å². The molecule has 19 heavy (non-hydrogen) atoms. The third-order valence-corrected chi connectivity index (χ3v) is 4.28. The fraction of sp³-hybridized carbons (Fsp3) is 0.727. The molecule has 3 amide bonds. The molecule has 2 heterocycles. The van der Waals surface area contributed by atoms with Crippen LogP contribution < -0.4 is 10.6 Å². The zero-order valence-electron chi connectivity index (χ0n) is 10.4. The van der Waals surface area contributed by atoms with E-state index in [1.807, 2.05) is 0 Å². The first-order valence-corrected chi connectivity index (χ1v) is 7.38. The molecule has 0 aromatic carbocycles. The normalized spacial score (nSPS) is 26.9. The third kappa shape index (κ3) is 3.52. The summed E-state index contributed by atoms with van der Waals surface area (Å²) in [5.41, 5.74) is 0. The average Bonchev–Trinajstić information content (AvgIpc) is 2.81. The maximum atomic E-state index is 12.0. The van der Waals surface area contributed by atoms with E-state index < -0.39 is 12.0 Å². The van der Waals surface area contributed by atoms with E-state index in [0.717, 1.165) is 5.75 Å². The Morgan fingerprint density at radius 2 is 2.32 bits per heavy atom. The maximum absolute atomic E-state index is 12.0. The fourth-order valence-electron chi connectivity index (χ4n) is 2.19. The van der Waals surface area contributed by atoms with E-state index >= 15 is 0 Å². The van der Waals surface area contributed by atoms with E-state index in [2.05, 4.69) is 10.6 Å². The molecule has 0 aromatic heterocycles. The number of hydrogen-bond acceptors (Lipinski definition) is 4. The lowest BCUT2D eigenvalue weighted by Crippen LogP contribution is -2.55. The van der Waals surface area contributed by atoms with Gasteiger partial charge in [-0.25, -0.2) is 9.59 Å². The summed E-state index contributed by atoms with van der Waals surface area (Å²) in [7, 11) is 0. The number of carbonyl (C=O) groups is 3. The summed E-state index contributed by atoms with van der Waals surface area (Å²) in [5, 5.41) is 14.5. The third-order valence-electron chi connectivity index (χ3n) is 3.26. The van der Waals surface area contributed by atoms with Crippen LogP contribution in [0.2, 0.25) is 0 Å². The van der Waals surface area contributed by atoms with Gasteiger partial charge in [-0.1, -0.05) is 0 Å². The molecule has 0 saturated carbocycles. The smallest absolute Gasteiger partial charge is 0.327 e. The number of hydrogen-bond donors (Lipinski definition) is 3. The predicted octanol–water partition coefficient (Wildman–Crippen LogP) is -0.523. The lowest BCUT2D eigenvalue weighted by Gasteiger charge is -2.32. The minimum atomic E-state index is -0.975. The number of carboxylic acid groups (broad SMARTS) is 1. The van der Waals surface area contributed by atoms with Crippen molar-refractivity contribution in [2.45, 2.75) is 24.9 Å². The first kappa shape index (κ1) is 14.0. The Balaban J connectivity index is 1.84. The van der Waals surface area contributed by atoms with Crippen LogP contribution >= 0.6 is 11.8 Å². The second-order valence-electron chi connectivity index (χ2n) is 4.61. The van der Waals surface area contributed by atoms with Crippen LogP contribution in [0.4, 0.5) is 4.79 Å². The van der Waals surface area contributed by atoms with Gasteiger partial charge in [-0.3, -0.25) is 4.79 Å². The fourth-order valence-corrected chi connectivity index (χ4v) is 3.23. The van der Waals surface area contributed by atoms with Crippen molar-refractivity contribution in [3.05, 3.63) is 0 Å². The molecule has 2 aliphatic rings. The summed E-state index contributed by atoms with van der Waals surface area (Å²) >= 11 is 1.54. The van der Waals surface area contributed by atoms with Gasteiger partial charge in [0.05, 0.1) is 0 Å². The summed E-state index contributed by atoms with van der Waals surface area (Å²) in [6.07, 6.45) is 1.19. The van der Waals surface area contributed by atoms with Crippen LogP contribution in [0.5, 0.6) is 0 Å². The van der Waals surface area contributed by atoms with Gasteiger partial charge in [0.25, 0.3) is 0 Å². The van der Waals surface area contributed by atoms with Crippen molar-refractivity contribution < 1.29 is 19.5 Å². The van der Waals surface area contributed by atoms with E-state index in [1.165, 1.54) is 16.7 Å². The molecule has 0 spiro atoms. The van der Waals surface area contributed by atoms with Gasteiger partial charge in [0, 0.05) is 37.1 Å². The van der Waals surface area contributed by atoms with Gasteiger partial charge in [-0.2, -0.15) is 11.8 Å². The lowest BCUT2D eigenvalue weighted by molar-refractivity contribution is -0.141. The second kappa shape index (κ2) is 6.14. The van der Waals surface area contributed by atoms with Crippen molar-refractivity contribution in [2.24, 2.45) is 0 Å².